The van der Waals surface area contributed by atoms with Crippen molar-refractivity contribution in [2.45, 2.75) is 26.8 Å². The number of halogens is 1. The van der Waals surface area contributed by atoms with E-state index in [0.29, 0.717) is 5.41 Å². The van der Waals surface area contributed by atoms with Crippen LogP contribution < -0.4 is 10.2 Å². The Bertz CT molecular complexity index is 448. The van der Waals surface area contributed by atoms with Crippen LogP contribution in [0.25, 0.3) is 0 Å². The average molecular weight is 341 g/mol. The summed E-state index contributed by atoms with van der Waals surface area (Å²) >= 11 is 3.72. The summed E-state index contributed by atoms with van der Waals surface area (Å²) in [7, 11) is 1.73. The van der Waals surface area contributed by atoms with E-state index in [2.05, 4.69) is 58.2 Å². The van der Waals surface area contributed by atoms with E-state index in [1.165, 1.54) is 22.1 Å². The fraction of sp³-hybridized carbons (Fsp3) is 0.625. The lowest BCUT2D eigenvalue weighted by Crippen LogP contribution is -2.23. The Kier molecular flexibility index (Phi) is 5.47. The summed E-state index contributed by atoms with van der Waals surface area (Å²) < 4.78 is 6.23. The molecule has 1 heterocycles. The number of rotatable bonds is 6. The molecule has 1 aromatic carbocycles. The first kappa shape index (κ1) is 15.8. The minimum absolute atomic E-state index is 0.430. The first-order chi connectivity index (χ1) is 9.52. The average Bonchev–Trinajstić information content (AvgIpc) is 2.75. The van der Waals surface area contributed by atoms with Gasteiger partial charge in [0.25, 0.3) is 0 Å². The standard InChI is InChI=1S/C16H25BrN2O/c1-16(2)6-8-19(12-16)15-5-4-13(10-14(15)17)11-18-7-9-20-3/h4-5,10,18H,6-9,11-12H2,1-3H3. The molecule has 0 saturated carbocycles. The molecule has 4 heteroatoms. The van der Waals surface area contributed by atoms with E-state index in [1.54, 1.807) is 7.11 Å². The Morgan fingerprint density at radius 1 is 1.40 bits per heavy atom. The second-order valence-corrected chi connectivity index (χ2v) is 7.15. The van der Waals surface area contributed by atoms with Crippen LogP contribution in [-0.4, -0.2) is 33.4 Å². The minimum Gasteiger partial charge on any atom is -0.383 e. The lowest BCUT2D eigenvalue weighted by molar-refractivity contribution is 0.199. The van der Waals surface area contributed by atoms with Crippen LogP contribution >= 0.6 is 15.9 Å². The van der Waals surface area contributed by atoms with Gasteiger partial charge in [0.05, 0.1) is 12.3 Å². The maximum Gasteiger partial charge on any atom is 0.0587 e. The van der Waals surface area contributed by atoms with Crippen molar-refractivity contribution in [1.29, 1.82) is 0 Å². The molecule has 1 N–H and O–H groups in total. The third kappa shape index (κ3) is 4.21. The third-order valence-corrected chi connectivity index (χ3v) is 4.48. The molecule has 0 amide bonds. The molecule has 0 spiro atoms. The molecule has 3 nitrogen and oxygen atoms in total. The van der Waals surface area contributed by atoms with E-state index in [1.807, 2.05) is 0 Å². The highest BCUT2D eigenvalue weighted by atomic mass is 79.9. The molecule has 0 unspecified atom stereocenters. The van der Waals surface area contributed by atoms with Gasteiger partial charge in [-0.05, 0) is 45.5 Å². The Labute approximate surface area is 130 Å². The van der Waals surface area contributed by atoms with Crippen molar-refractivity contribution in [2.75, 3.05) is 38.3 Å². The van der Waals surface area contributed by atoms with Gasteiger partial charge in [-0.15, -0.1) is 0 Å². The van der Waals surface area contributed by atoms with Gasteiger partial charge in [-0.3, -0.25) is 0 Å². The predicted molar refractivity (Wildman–Crippen MR) is 88.3 cm³/mol. The lowest BCUT2D eigenvalue weighted by atomic mass is 9.93. The SMILES string of the molecule is COCCNCc1ccc(N2CCC(C)(C)C2)c(Br)c1. The third-order valence-electron chi connectivity index (χ3n) is 3.84. The molecule has 1 saturated heterocycles. The zero-order chi connectivity index (χ0) is 14.6. The molecule has 0 aliphatic carbocycles. The van der Waals surface area contributed by atoms with Crippen molar-refractivity contribution in [3.05, 3.63) is 28.2 Å². The monoisotopic (exact) mass is 340 g/mol. The first-order valence-electron chi connectivity index (χ1n) is 7.25. The summed E-state index contributed by atoms with van der Waals surface area (Å²) in [5.41, 5.74) is 3.05. The summed E-state index contributed by atoms with van der Waals surface area (Å²) in [6.45, 7) is 9.49. The number of nitrogens with zero attached hydrogens (tertiary/aromatic N) is 1. The zero-order valence-electron chi connectivity index (χ0n) is 12.7. The number of methoxy groups -OCH3 is 1. The summed E-state index contributed by atoms with van der Waals surface area (Å²) in [6.07, 6.45) is 1.26. The van der Waals surface area contributed by atoms with Crippen molar-refractivity contribution in [2.24, 2.45) is 5.41 Å². The number of anilines is 1. The highest BCUT2D eigenvalue weighted by molar-refractivity contribution is 9.10. The summed E-state index contributed by atoms with van der Waals surface area (Å²) in [5.74, 6) is 0. The maximum atomic E-state index is 5.03. The minimum atomic E-state index is 0.430. The van der Waals surface area contributed by atoms with Crippen LogP contribution in [0.3, 0.4) is 0 Å². The molecule has 2 rings (SSSR count). The van der Waals surface area contributed by atoms with Crippen molar-refractivity contribution < 1.29 is 4.74 Å². The second kappa shape index (κ2) is 6.92. The van der Waals surface area contributed by atoms with Gasteiger partial charge in [-0.25, -0.2) is 0 Å². The van der Waals surface area contributed by atoms with Gasteiger partial charge in [0.1, 0.15) is 0 Å². The molecule has 1 aromatic rings. The smallest absolute Gasteiger partial charge is 0.0587 e. The van der Waals surface area contributed by atoms with Gasteiger partial charge < -0.3 is 15.0 Å². The molecule has 1 aliphatic rings. The quantitative estimate of drug-likeness (QED) is 0.803. The van der Waals surface area contributed by atoms with Crippen LogP contribution in [0.2, 0.25) is 0 Å². The normalized spacial score (nSPS) is 17.7. The van der Waals surface area contributed by atoms with Crippen LogP contribution in [0.15, 0.2) is 22.7 Å². The molecular formula is C16H25BrN2O. The van der Waals surface area contributed by atoms with E-state index >= 15 is 0 Å². The maximum absolute atomic E-state index is 5.03. The van der Waals surface area contributed by atoms with Crippen LogP contribution in [0.5, 0.6) is 0 Å². The molecular weight excluding hydrogens is 316 g/mol. The largest absolute Gasteiger partial charge is 0.383 e. The zero-order valence-corrected chi connectivity index (χ0v) is 14.3. The summed E-state index contributed by atoms with van der Waals surface area (Å²) in [5, 5.41) is 3.37. The van der Waals surface area contributed by atoms with Crippen LogP contribution in [0, 0.1) is 5.41 Å². The van der Waals surface area contributed by atoms with Crippen molar-refractivity contribution in [1.82, 2.24) is 5.32 Å². The number of ether oxygens (including phenoxy) is 1. The predicted octanol–water partition coefficient (Wildman–Crippen LogP) is 3.42. The number of benzene rings is 1. The number of hydrogen-bond donors (Lipinski definition) is 1. The van der Waals surface area contributed by atoms with Crippen LogP contribution in [0.4, 0.5) is 5.69 Å². The van der Waals surface area contributed by atoms with Gasteiger partial charge in [0.2, 0.25) is 0 Å². The highest BCUT2D eigenvalue weighted by Crippen LogP contribution is 2.36. The molecule has 0 bridgehead atoms. The van der Waals surface area contributed by atoms with Crippen molar-refractivity contribution >= 4 is 21.6 Å². The van der Waals surface area contributed by atoms with Gasteiger partial charge in [-0.2, -0.15) is 0 Å². The Balaban J connectivity index is 1.96. The van der Waals surface area contributed by atoms with Gasteiger partial charge in [-0.1, -0.05) is 19.9 Å². The fourth-order valence-electron chi connectivity index (χ4n) is 2.64. The molecule has 112 valence electrons. The van der Waals surface area contributed by atoms with E-state index in [0.717, 1.165) is 32.8 Å². The lowest BCUT2D eigenvalue weighted by Gasteiger charge is -2.23. The Morgan fingerprint density at radius 2 is 2.20 bits per heavy atom. The van der Waals surface area contributed by atoms with Crippen LogP contribution in [0.1, 0.15) is 25.8 Å². The number of hydrogen-bond acceptors (Lipinski definition) is 3. The molecule has 1 aliphatic heterocycles. The second-order valence-electron chi connectivity index (χ2n) is 6.29. The van der Waals surface area contributed by atoms with E-state index in [-0.39, 0.29) is 0 Å². The molecule has 0 aromatic heterocycles. The summed E-state index contributed by atoms with van der Waals surface area (Å²) in [6, 6.07) is 6.67. The first-order valence-corrected chi connectivity index (χ1v) is 8.04. The Morgan fingerprint density at radius 3 is 2.80 bits per heavy atom. The Hall–Kier alpha value is -0.580. The molecule has 20 heavy (non-hydrogen) atoms. The van der Waals surface area contributed by atoms with E-state index in [4.69, 9.17) is 4.74 Å². The topological polar surface area (TPSA) is 24.5 Å². The fourth-order valence-corrected chi connectivity index (χ4v) is 3.32. The van der Waals surface area contributed by atoms with Crippen molar-refractivity contribution in [3.63, 3.8) is 0 Å². The molecule has 1 fully saturated rings. The van der Waals surface area contributed by atoms with E-state index < -0.39 is 0 Å². The molecule has 0 atom stereocenters. The van der Waals surface area contributed by atoms with Gasteiger partial charge in [0, 0.05) is 37.8 Å². The highest BCUT2D eigenvalue weighted by Gasteiger charge is 2.29. The van der Waals surface area contributed by atoms with Gasteiger partial charge in [0.15, 0.2) is 0 Å². The van der Waals surface area contributed by atoms with Crippen molar-refractivity contribution in [3.8, 4) is 0 Å². The summed E-state index contributed by atoms with van der Waals surface area (Å²) in [4.78, 5) is 2.48. The molecule has 0 radical (unpaired) electrons. The number of nitrogens with one attached hydrogen (secondary N) is 1. The van der Waals surface area contributed by atoms with Crippen LogP contribution in [-0.2, 0) is 11.3 Å². The van der Waals surface area contributed by atoms with E-state index in [9.17, 15) is 0 Å². The van der Waals surface area contributed by atoms with Gasteiger partial charge >= 0.3 is 0 Å².